The summed E-state index contributed by atoms with van der Waals surface area (Å²) in [5, 5.41) is 6.34. The Morgan fingerprint density at radius 1 is 1.29 bits per heavy atom. The SMILES string of the molecule is Cc1ccc(OCC(=O)NCC2(C)CCNCC2)cc1C. The van der Waals surface area contributed by atoms with Crippen molar-refractivity contribution in [3.8, 4) is 5.75 Å². The maximum Gasteiger partial charge on any atom is 0.257 e. The third kappa shape index (κ3) is 4.74. The predicted octanol–water partition coefficient (Wildman–Crippen LogP) is 2.19. The number of nitrogens with one attached hydrogen (secondary N) is 2. The quantitative estimate of drug-likeness (QED) is 0.874. The summed E-state index contributed by atoms with van der Waals surface area (Å²) in [6.45, 7) is 9.21. The van der Waals surface area contributed by atoms with E-state index in [9.17, 15) is 4.79 Å². The Balaban J connectivity index is 1.75. The van der Waals surface area contributed by atoms with E-state index in [1.54, 1.807) is 0 Å². The Kier molecular flexibility index (Phi) is 5.23. The number of benzene rings is 1. The van der Waals surface area contributed by atoms with E-state index in [0.717, 1.165) is 38.2 Å². The van der Waals surface area contributed by atoms with Crippen LogP contribution in [0, 0.1) is 19.3 Å². The topological polar surface area (TPSA) is 50.4 Å². The number of piperidine rings is 1. The summed E-state index contributed by atoms with van der Waals surface area (Å²) in [5.41, 5.74) is 2.61. The lowest BCUT2D eigenvalue weighted by molar-refractivity contribution is -0.123. The van der Waals surface area contributed by atoms with E-state index in [0.29, 0.717) is 0 Å². The summed E-state index contributed by atoms with van der Waals surface area (Å²) in [6, 6.07) is 5.89. The molecule has 1 saturated heterocycles. The van der Waals surface area contributed by atoms with Crippen molar-refractivity contribution in [1.29, 1.82) is 0 Å². The molecule has 0 unspecified atom stereocenters. The van der Waals surface area contributed by atoms with E-state index >= 15 is 0 Å². The van der Waals surface area contributed by atoms with Gasteiger partial charge in [0.05, 0.1) is 0 Å². The van der Waals surface area contributed by atoms with Crippen LogP contribution in [0.4, 0.5) is 0 Å². The van der Waals surface area contributed by atoms with Gasteiger partial charge in [0.1, 0.15) is 5.75 Å². The lowest BCUT2D eigenvalue weighted by Gasteiger charge is -2.34. The molecule has 4 heteroatoms. The average molecular weight is 290 g/mol. The number of amides is 1. The van der Waals surface area contributed by atoms with E-state index in [2.05, 4.69) is 24.5 Å². The van der Waals surface area contributed by atoms with Crippen molar-refractivity contribution >= 4 is 5.91 Å². The van der Waals surface area contributed by atoms with Crippen LogP contribution in [0.25, 0.3) is 0 Å². The molecular formula is C17H26N2O2. The first-order valence-electron chi connectivity index (χ1n) is 7.66. The fraction of sp³-hybridized carbons (Fsp3) is 0.588. The zero-order valence-corrected chi connectivity index (χ0v) is 13.3. The van der Waals surface area contributed by atoms with Gasteiger partial charge in [-0.15, -0.1) is 0 Å². The van der Waals surface area contributed by atoms with Crippen LogP contribution in [0.3, 0.4) is 0 Å². The Hall–Kier alpha value is -1.55. The van der Waals surface area contributed by atoms with Gasteiger partial charge in [-0.05, 0) is 68.5 Å². The zero-order valence-electron chi connectivity index (χ0n) is 13.3. The third-order valence-corrected chi connectivity index (χ3v) is 4.37. The fourth-order valence-corrected chi connectivity index (χ4v) is 2.52. The van der Waals surface area contributed by atoms with Crippen molar-refractivity contribution in [2.75, 3.05) is 26.2 Å². The van der Waals surface area contributed by atoms with Gasteiger partial charge >= 0.3 is 0 Å². The van der Waals surface area contributed by atoms with Crippen LogP contribution >= 0.6 is 0 Å². The first kappa shape index (κ1) is 15.8. The number of rotatable bonds is 5. The van der Waals surface area contributed by atoms with Crippen LogP contribution in [-0.2, 0) is 4.79 Å². The van der Waals surface area contributed by atoms with Crippen LogP contribution in [0.1, 0.15) is 30.9 Å². The molecule has 0 radical (unpaired) electrons. The molecule has 0 atom stereocenters. The molecule has 0 saturated carbocycles. The van der Waals surface area contributed by atoms with Crippen LogP contribution in [0.15, 0.2) is 18.2 Å². The summed E-state index contributed by atoms with van der Waals surface area (Å²) >= 11 is 0. The minimum atomic E-state index is -0.0482. The van der Waals surface area contributed by atoms with Crippen LogP contribution < -0.4 is 15.4 Å². The summed E-state index contributed by atoms with van der Waals surface area (Å²) < 4.78 is 5.55. The predicted molar refractivity (Wildman–Crippen MR) is 84.6 cm³/mol. The lowest BCUT2D eigenvalue weighted by atomic mass is 9.81. The minimum Gasteiger partial charge on any atom is -0.484 e. The van der Waals surface area contributed by atoms with E-state index < -0.39 is 0 Å². The molecule has 2 N–H and O–H groups in total. The van der Waals surface area contributed by atoms with Crippen LogP contribution in [0.2, 0.25) is 0 Å². The maximum absolute atomic E-state index is 11.9. The van der Waals surface area contributed by atoms with Gasteiger partial charge in [-0.25, -0.2) is 0 Å². The summed E-state index contributed by atoms with van der Waals surface area (Å²) in [4.78, 5) is 11.9. The van der Waals surface area contributed by atoms with Gasteiger partial charge in [0.25, 0.3) is 5.91 Å². The molecule has 0 bridgehead atoms. The number of hydrogen-bond donors (Lipinski definition) is 2. The molecule has 1 amide bonds. The van der Waals surface area contributed by atoms with Gasteiger partial charge in [0, 0.05) is 6.54 Å². The second-order valence-corrected chi connectivity index (χ2v) is 6.37. The molecule has 1 aliphatic rings. The molecule has 21 heavy (non-hydrogen) atoms. The second-order valence-electron chi connectivity index (χ2n) is 6.37. The molecule has 1 aromatic rings. The fourth-order valence-electron chi connectivity index (χ4n) is 2.52. The Morgan fingerprint density at radius 3 is 2.67 bits per heavy atom. The van der Waals surface area contributed by atoms with Gasteiger partial charge in [-0.3, -0.25) is 4.79 Å². The smallest absolute Gasteiger partial charge is 0.257 e. The molecule has 2 rings (SSSR count). The van der Waals surface area contributed by atoms with Gasteiger partial charge in [0.15, 0.2) is 6.61 Å². The van der Waals surface area contributed by atoms with E-state index in [1.807, 2.05) is 25.1 Å². The molecule has 0 aromatic heterocycles. The number of carbonyl (C=O) groups is 1. The summed E-state index contributed by atoms with van der Waals surface area (Å²) in [6.07, 6.45) is 2.20. The highest BCUT2D eigenvalue weighted by atomic mass is 16.5. The molecule has 1 aromatic carbocycles. The van der Waals surface area contributed by atoms with Gasteiger partial charge in [-0.1, -0.05) is 13.0 Å². The van der Waals surface area contributed by atoms with Crippen molar-refractivity contribution in [3.05, 3.63) is 29.3 Å². The summed E-state index contributed by atoms with van der Waals surface area (Å²) in [5.74, 6) is 0.703. The third-order valence-electron chi connectivity index (χ3n) is 4.37. The highest BCUT2D eigenvalue weighted by Gasteiger charge is 2.26. The Labute approximate surface area is 127 Å². The van der Waals surface area contributed by atoms with Crippen LogP contribution in [0.5, 0.6) is 5.75 Å². The molecule has 1 heterocycles. The normalized spacial score (nSPS) is 17.3. The monoisotopic (exact) mass is 290 g/mol. The highest BCUT2D eigenvalue weighted by molar-refractivity contribution is 5.77. The van der Waals surface area contributed by atoms with Crippen molar-refractivity contribution in [3.63, 3.8) is 0 Å². The molecule has 1 aliphatic heterocycles. The van der Waals surface area contributed by atoms with Gasteiger partial charge < -0.3 is 15.4 Å². The van der Waals surface area contributed by atoms with E-state index in [-0.39, 0.29) is 17.9 Å². The average Bonchev–Trinajstić information content (AvgIpc) is 2.47. The minimum absolute atomic E-state index is 0.0482. The van der Waals surface area contributed by atoms with E-state index in [4.69, 9.17) is 4.74 Å². The maximum atomic E-state index is 11.9. The first-order valence-corrected chi connectivity index (χ1v) is 7.66. The van der Waals surface area contributed by atoms with Crippen molar-refractivity contribution in [2.45, 2.75) is 33.6 Å². The van der Waals surface area contributed by atoms with Gasteiger partial charge in [0.2, 0.25) is 0 Å². The largest absolute Gasteiger partial charge is 0.484 e. The molecular weight excluding hydrogens is 264 g/mol. The van der Waals surface area contributed by atoms with Gasteiger partial charge in [-0.2, -0.15) is 0 Å². The summed E-state index contributed by atoms with van der Waals surface area (Å²) in [7, 11) is 0. The lowest BCUT2D eigenvalue weighted by Crippen LogP contribution is -2.43. The Bertz CT molecular complexity index is 494. The molecule has 4 nitrogen and oxygen atoms in total. The molecule has 0 spiro atoms. The van der Waals surface area contributed by atoms with Crippen molar-refractivity contribution in [2.24, 2.45) is 5.41 Å². The number of hydrogen-bond acceptors (Lipinski definition) is 3. The second kappa shape index (κ2) is 6.94. The highest BCUT2D eigenvalue weighted by Crippen LogP contribution is 2.26. The van der Waals surface area contributed by atoms with Crippen molar-refractivity contribution in [1.82, 2.24) is 10.6 Å². The standard InChI is InChI=1S/C17H26N2O2/c1-13-4-5-15(10-14(13)2)21-11-16(20)19-12-17(3)6-8-18-9-7-17/h4-5,10,18H,6-9,11-12H2,1-3H3,(H,19,20). The van der Waals surface area contributed by atoms with E-state index in [1.165, 1.54) is 11.1 Å². The zero-order chi connectivity index (χ0) is 15.3. The number of carbonyl (C=O) groups excluding carboxylic acids is 1. The molecule has 116 valence electrons. The number of ether oxygens (including phenoxy) is 1. The first-order chi connectivity index (χ1) is 9.98. The number of aryl methyl sites for hydroxylation is 2. The Morgan fingerprint density at radius 2 is 2.00 bits per heavy atom. The molecule has 1 fully saturated rings. The molecule has 0 aliphatic carbocycles. The van der Waals surface area contributed by atoms with Crippen LogP contribution in [-0.4, -0.2) is 32.1 Å². The van der Waals surface area contributed by atoms with Crippen molar-refractivity contribution < 1.29 is 9.53 Å².